The third-order valence-electron chi connectivity index (χ3n) is 3.86. The van der Waals surface area contributed by atoms with Crippen LogP contribution in [0, 0.1) is 11.8 Å². The molecule has 1 aliphatic carbocycles. The van der Waals surface area contributed by atoms with Gasteiger partial charge in [-0.05, 0) is 37.5 Å². The molecule has 3 N–H and O–H groups in total. The normalized spacial score (nSPS) is 24.0. The van der Waals surface area contributed by atoms with Gasteiger partial charge in [0.05, 0.1) is 25.4 Å². The number of carbonyl (C=O) groups excluding carboxylic acids is 1. The van der Waals surface area contributed by atoms with Gasteiger partial charge in [-0.3, -0.25) is 4.79 Å². The minimum atomic E-state index is -0.553. The van der Waals surface area contributed by atoms with Crippen LogP contribution < -0.4 is 10.6 Å². The number of ether oxygens (including phenoxy) is 1. The minimum absolute atomic E-state index is 0.0295. The van der Waals surface area contributed by atoms with Crippen LogP contribution in [-0.2, 0) is 9.53 Å². The number of nitrogens with one attached hydrogen (secondary N) is 2. The molecule has 21 heavy (non-hydrogen) atoms. The van der Waals surface area contributed by atoms with Gasteiger partial charge in [-0.1, -0.05) is 20.8 Å². The summed E-state index contributed by atoms with van der Waals surface area (Å²) >= 11 is 0. The van der Waals surface area contributed by atoms with E-state index in [1.54, 1.807) is 0 Å². The van der Waals surface area contributed by atoms with Gasteiger partial charge in [-0.25, -0.2) is 0 Å². The molecule has 0 radical (unpaired) electrons. The highest BCUT2D eigenvalue weighted by molar-refractivity contribution is 5.77. The van der Waals surface area contributed by atoms with E-state index in [9.17, 15) is 9.90 Å². The van der Waals surface area contributed by atoms with E-state index in [1.165, 1.54) is 12.8 Å². The molecule has 5 nitrogen and oxygen atoms in total. The van der Waals surface area contributed by atoms with E-state index < -0.39 is 6.10 Å². The van der Waals surface area contributed by atoms with E-state index in [4.69, 9.17) is 4.74 Å². The Morgan fingerprint density at radius 3 is 2.52 bits per heavy atom. The van der Waals surface area contributed by atoms with Gasteiger partial charge in [-0.2, -0.15) is 0 Å². The van der Waals surface area contributed by atoms with Gasteiger partial charge in [0, 0.05) is 13.1 Å². The van der Waals surface area contributed by atoms with Crippen molar-refractivity contribution in [3.05, 3.63) is 0 Å². The first-order valence-electron chi connectivity index (χ1n) is 8.24. The van der Waals surface area contributed by atoms with Gasteiger partial charge in [0.2, 0.25) is 5.91 Å². The number of rotatable bonds is 9. The average molecular weight is 300 g/mol. The monoisotopic (exact) mass is 300 g/mol. The van der Waals surface area contributed by atoms with Crippen molar-refractivity contribution in [2.45, 2.75) is 58.7 Å². The fraction of sp³-hybridized carbons (Fsp3) is 0.938. The molecule has 0 aromatic carbocycles. The quantitative estimate of drug-likeness (QED) is 0.600. The standard InChI is InChI=1S/C16H32N2O3/c1-12(2)8-18-16(20)10-17-9-14(19)11-21-15-6-4-13(3)5-7-15/h12-15,17,19H,4-11H2,1-3H3,(H,18,20). The zero-order chi connectivity index (χ0) is 15.7. The Bertz CT molecular complexity index is 289. The largest absolute Gasteiger partial charge is 0.389 e. The van der Waals surface area contributed by atoms with Crippen LogP contribution in [0.3, 0.4) is 0 Å². The number of hydrogen-bond acceptors (Lipinski definition) is 4. The second-order valence-corrected chi connectivity index (χ2v) is 6.70. The van der Waals surface area contributed by atoms with Crippen LogP contribution in [0.1, 0.15) is 46.5 Å². The number of hydrogen-bond donors (Lipinski definition) is 3. The van der Waals surface area contributed by atoms with Crippen LogP contribution in [0.15, 0.2) is 0 Å². The zero-order valence-corrected chi connectivity index (χ0v) is 13.7. The van der Waals surface area contributed by atoms with E-state index in [2.05, 4.69) is 31.4 Å². The molecule has 0 saturated heterocycles. The van der Waals surface area contributed by atoms with Crippen molar-refractivity contribution in [1.29, 1.82) is 0 Å². The van der Waals surface area contributed by atoms with Gasteiger partial charge in [0.15, 0.2) is 0 Å². The summed E-state index contributed by atoms with van der Waals surface area (Å²) in [5.74, 6) is 1.23. The average Bonchev–Trinajstić information content (AvgIpc) is 2.44. The van der Waals surface area contributed by atoms with Crippen molar-refractivity contribution in [1.82, 2.24) is 10.6 Å². The van der Waals surface area contributed by atoms with Gasteiger partial charge < -0.3 is 20.5 Å². The molecule has 1 atom stereocenters. The Morgan fingerprint density at radius 1 is 1.24 bits per heavy atom. The molecule has 1 fully saturated rings. The Morgan fingerprint density at radius 2 is 1.90 bits per heavy atom. The van der Waals surface area contributed by atoms with E-state index in [-0.39, 0.29) is 12.5 Å². The lowest BCUT2D eigenvalue weighted by molar-refractivity contribution is -0.120. The third-order valence-corrected chi connectivity index (χ3v) is 3.86. The van der Waals surface area contributed by atoms with Gasteiger partial charge in [0.1, 0.15) is 0 Å². The van der Waals surface area contributed by atoms with E-state index in [0.29, 0.717) is 31.7 Å². The van der Waals surface area contributed by atoms with Crippen molar-refractivity contribution >= 4 is 5.91 Å². The lowest BCUT2D eigenvalue weighted by Crippen LogP contribution is -2.40. The molecular weight excluding hydrogens is 268 g/mol. The Kier molecular flexibility index (Phi) is 8.88. The Balaban J connectivity index is 2.00. The summed E-state index contributed by atoms with van der Waals surface area (Å²) < 4.78 is 5.74. The summed E-state index contributed by atoms with van der Waals surface area (Å²) in [5, 5.41) is 15.6. The van der Waals surface area contributed by atoms with Gasteiger partial charge in [0.25, 0.3) is 0 Å². The predicted octanol–water partition coefficient (Wildman–Crippen LogP) is 1.30. The highest BCUT2D eigenvalue weighted by Crippen LogP contribution is 2.25. The number of aliphatic hydroxyl groups is 1. The number of carbonyl (C=O) groups is 1. The molecule has 1 rings (SSSR count). The van der Waals surface area contributed by atoms with E-state index in [1.807, 2.05) is 0 Å². The predicted molar refractivity (Wildman–Crippen MR) is 84.1 cm³/mol. The summed E-state index contributed by atoms with van der Waals surface area (Å²) in [6, 6.07) is 0. The molecule has 124 valence electrons. The SMILES string of the molecule is CC(C)CNC(=O)CNCC(O)COC1CCC(C)CC1. The molecule has 0 aliphatic heterocycles. The van der Waals surface area contributed by atoms with Crippen LogP contribution in [0.4, 0.5) is 0 Å². The van der Waals surface area contributed by atoms with Crippen LogP contribution in [0.25, 0.3) is 0 Å². The first kappa shape index (κ1) is 18.4. The first-order chi connectivity index (χ1) is 9.97. The van der Waals surface area contributed by atoms with Gasteiger partial charge >= 0.3 is 0 Å². The second-order valence-electron chi connectivity index (χ2n) is 6.70. The fourth-order valence-electron chi connectivity index (χ4n) is 2.44. The maximum Gasteiger partial charge on any atom is 0.233 e. The van der Waals surface area contributed by atoms with Crippen LogP contribution >= 0.6 is 0 Å². The summed E-state index contributed by atoms with van der Waals surface area (Å²) in [6.45, 7) is 8.05. The molecule has 0 bridgehead atoms. The molecule has 0 heterocycles. The van der Waals surface area contributed by atoms with Crippen molar-refractivity contribution in [3.63, 3.8) is 0 Å². The number of aliphatic hydroxyl groups excluding tert-OH is 1. The lowest BCUT2D eigenvalue weighted by atomic mass is 9.89. The van der Waals surface area contributed by atoms with Crippen LogP contribution in [0.5, 0.6) is 0 Å². The number of amides is 1. The molecule has 1 unspecified atom stereocenters. The van der Waals surface area contributed by atoms with Crippen molar-refractivity contribution in [2.75, 3.05) is 26.2 Å². The molecule has 0 spiro atoms. The molecule has 0 aromatic heterocycles. The maximum absolute atomic E-state index is 11.5. The highest BCUT2D eigenvalue weighted by Gasteiger charge is 2.19. The van der Waals surface area contributed by atoms with Crippen molar-refractivity contribution in [2.24, 2.45) is 11.8 Å². The molecule has 1 aliphatic rings. The topological polar surface area (TPSA) is 70.6 Å². The smallest absolute Gasteiger partial charge is 0.233 e. The second kappa shape index (κ2) is 10.1. The van der Waals surface area contributed by atoms with E-state index >= 15 is 0 Å². The lowest BCUT2D eigenvalue weighted by Gasteiger charge is -2.27. The summed E-state index contributed by atoms with van der Waals surface area (Å²) in [5.41, 5.74) is 0. The van der Waals surface area contributed by atoms with Gasteiger partial charge in [-0.15, -0.1) is 0 Å². The minimum Gasteiger partial charge on any atom is -0.389 e. The molecule has 1 amide bonds. The van der Waals surface area contributed by atoms with Crippen molar-refractivity contribution in [3.8, 4) is 0 Å². The van der Waals surface area contributed by atoms with Crippen LogP contribution in [0.2, 0.25) is 0 Å². The molecule has 0 aromatic rings. The van der Waals surface area contributed by atoms with Crippen LogP contribution in [-0.4, -0.2) is 49.5 Å². The zero-order valence-electron chi connectivity index (χ0n) is 13.7. The summed E-state index contributed by atoms with van der Waals surface area (Å²) in [4.78, 5) is 11.5. The Hall–Kier alpha value is -0.650. The molecular formula is C16H32N2O3. The van der Waals surface area contributed by atoms with Crippen molar-refractivity contribution < 1.29 is 14.6 Å². The first-order valence-corrected chi connectivity index (χ1v) is 8.24. The molecule has 1 saturated carbocycles. The van der Waals surface area contributed by atoms with E-state index in [0.717, 1.165) is 18.8 Å². The Labute approximate surface area is 128 Å². The molecule has 5 heteroatoms. The maximum atomic E-state index is 11.5. The fourth-order valence-corrected chi connectivity index (χ4v) is 2.44. The third kappa shape index (κ3) is 9.06. The highest BCUT2D eigenvalue weighted by atomic mass is 16.5. The summed E-state index contributed by atoms with van der Waals surface area (Å²) in [7, 11) is 0. The summed E-state index contributed by atoms with van der Waals surface area (Å²) in [6.07, 6.45) is 4.37.